The van der Waals surface area contributed by atoms with Gasteiger partial charge in [-0.2, -0.15) is 0 Å². The van der Waals surface area contributed by atoms with Crippen LogP contribution in [0.1, 0.15) is 44.9 Å². The maximum atomic E-state index is 2.85. The van der Waals surface area contributed by atoms with E-state index in [9.17, 15) is 0 Å². The lowest BCUT2D eigenvalue weighted by molar-refractivity contribution is 0.0418. The number of hydrogen-bond donors (Lipinski definition) is 0. The lowest BCUT2D eigenvalue weighted by Crippen LogP contribution is -2.51. The first-order valence-electron chi connectivity index (χ1n) is 7.90. The van der Waals surface area contributed by atoms with Gasteiger partial charge in [0, 0.05) is 25.2 Å². The van der Waals surface area contributed by atoms with Crippen LogP contribution in [0.15, 0.2) is 0 Å². The molecule has 4 fully saturated rings. The summed E-state index contributed by atoms with van der Waals surface area (Å²) >= 11 is 0. The molecule has 4 saturated heterocycles. The number of rotatable bonds is 0. The Hall–Kier alpha value is -0.0800. The van der Waals surface area contributed by atoms with E-state index in [1.807, 2.05) is 0 Å². The second-order valence-electron chi connectivity index (χ2n) is 6.86. The Kier molecular flexibility index (Phi) is 2.69. The predicted octanol–water partition coefficient (Wildman–Crippen LogP) is 2.35. The van der Waals surface area contributed by atoms with Crippen molar-refractivity contribution in [3.05, 3.63) is 0 Å². The predicted molar refractivity (Wildman–Crippen MR) is 70.0 cm³/mol. The summed E-state index contributed by atoms with van der Waals surface area (Å²) < 4.78 is 0. The van der Waals surface area contributed by atoms with Gasteiger partial charge in [0.05, 0.1) is 0 Å². The van der Waals surface area contributed by atoms with Crippen LogP contribution in [0.3, 0.4) is 0 Å². The molecular weight excluding hydrogens is 208 g/mol. The van der Waals surface area contributed by atoms with Gasteiger partial charge in [0.15, 0.2) is 0 Å². The monoisotopic (exact) mass is 234 g/mol. The van der Waals surface area contributed by atoms with Crippen molar-refractivity contribution in [1.29, 1.82) is 0 Å². The Morgan fingerprint density at radius 2 is 1.59 bits per heavy atom. The first-order chi connectivity index (χ1) is 8.42. The van der Waals surface area contributed by atoms with Gasteiger partial charge in [-0.3, -0.25) is 4.90 Å². The lowest BCUT2D eigenvalue weighted by atomic mass is 9.77. The van der Waals surface area contributed by atoms with Crippen molar-refractivity contribution in [3.63, 3.8) is 0 Å². The zero-order valence-corrected chi connectivity index (χ0v) is 11.0. The van der Waals surface area contributed by atoms with E-state index >= 15 is 0 Å². The fraction of sp³-hybridized carbons (Fsp3) is 1.00. The molecule has 4 rings (SSSR count). The standard InChI is InChI=1S/C15H26N2/c1-3-7-16-11-14-12(9-13(16)5-1)10-17-8-4-2-6-15(14)17/h12-15H,1-11H2. The SMILES string of the molecule is C1CCN2CC3C(CC2C1)CN1CCCCC31. The quantitative estimate of drug-likeness (QED) is 0.635. The molecule has 0 aromatic heterocycles. The van der Waals surface area contributed by atoms with E-state index in [2.05, 4.69) is 9.80 Å². The fourth-order valence-corrected chi connectivity index (χ4v) is 5.19. The molecule has 0 bridgehead atoms. The summed E-state index contributed by atoms with van der Waals surface area (Å²) in [7, 11) is 0. The van der Waals surface area contributed by atoms with Crippen molar-refractivity contribution >= 4 is 0 Å². The molecule has 4 atom stereocenters. The Balaban J connectivity index is 1.52. The molecule has 0 radical (unpaired) electrons. The minimum atomic E-state index is 0.964. The lowest BCUT2D eigenvalue weighted by Gasteiger charge is -2.45. The van der Waals surface area contributed by atoms with Gasteiger partial charge in [0.1, 0.15) is 0 Å². The summed E-state index contributed by atoms with van der Waals surface area (Å²) in [5, 5.41) is 0. The van der Waals surface area contributed by atoms with E-state index in [-0.39, 0.29) is 0 Å². The van der Waals surface area contributed by atoms with Crippen LogP contribution >= 0.6 is 0 Å². The Morgan fingerprint density at radius 1 is 0.765 bits per heavy atom. The largest absolute Gasteiger partial charge is 0.300 e. The molecule has 0 aromatic rings. The zero-order valence-electron chi connectivity index (χ0n) is 11.0. The first kappa shape index (κ1) is 10.8. The van der Waals surface area contributed by atoms with Gasteiger partial charge < -0.3 is 4.90 Å². The van der Waals surface area contributed by atoms with Crippen LogP contribution in [-0.2, 0) is 0 Å². The fourth-order valence-electron chi connectivity index (χ4n) is 5.19. The summed E-state index contributed by atoms with van der Waals surface area (Å²) in [5.41, 5.74) is 0. The highest BCUT2D eigenvalue weighted by Gasteiger charge is 2.47. The van der Waals surface area contributed by atoms with E-state index in [1.54, 1.807) is 0 Å². The molecule has 0 amide bonds. The third-order valence-corrected chi connectivity index (χ3v) is 6.00. The molecular formula is C15H26N2. The maximum absolute atomic E-state index is 2.85. The Bertz CT molecular complexity index is 289. The normalized spacial score (nSPS) is 47.3. The molecule has 4 aliphatic heterocycles. The van der Waals surface area contributed by atoms with Gasteiger partial charge in [0.2, 0.25) is 0 Å². The maximum Gasteiger partial charge on any atom is 0.0139 e. The van der Waals surface area contributed by atoms with E-state index in [0.717, 1.165) is 23.9 Å². The highest BCUT2D eigenvalue weighted by atomic mass is 15.2. The zero-order chi connectivity index (χ0) is 11.2. The van der Waals surface area contributed by atoms with E-state index in [1.165, 1.54) is 71.1 Å². The third-order valence-electron chi connectivity index (χ3n) is 6.00. The van der Waals surface area contributed by atoms with Crippen molar-refractivity contribution in [2.75, 3.05) is 26.2 Å². The molecule has 0 saturated carbocycles. The van der Waals surface area contributed by atoms with Gasteiger partial charge in [-0.25, -0.2) is 0 Å². The average molecular weight is 234 g/mol. The minimum absolute atomic E-state index is 0.964. The average Bonchev–Trinajstić information content (AvgIpc) is 2.73. The van der Waals surface area contributed by atoms with Crippen LogP contribution in [0.5, 0.6) is 0 Å². The highest BCUT2D eigenvalue weighted by molar-refractivity contribution is 5.01. The smallest absolute Gasteiger partial charge is 0.0139 e. The first-order valence-corrected chi connectivity index (χ1v) is 7.90. The minimum Gasteiger partial charge on any atom is -0.300 e. The second kappa shape index (κ2) is 4.24. The van der Waals surface area contributed by atoms with Crippen molar-refractivity contribution in [2.24, 2.45) is 11.8 Å². The van der Waals surface area contributed by atoms with Crippen LogP contribution in [0.4, 0.5) is 0 Å². The molecule has 0 N–H and O–H groups in total. The van der Waals surface area contributed by atoms with Crippen LogP contribution in [0.25, 0.3) is 0 Å². The number of fused-ring (bicyclic) bond motifs is 4. The highest BCUT2D eigenvalue weighted by Crippen LogP contribution is 2.43. The number of hydrogen-bond acceptors (Lipinski definition) is 2. The van der Waals surface area contributed by atoms with Gasteiger partial charge in [0.25, 0.3) is 0 Å². The van der Waals surface area contributed by atoms with Gasteiger partial charge in [-0.15, -0.1) is 0 Å². The molecule has 2 heteroatoms. The number of nitrogens with zero attached hydrogens (tertiary/aromatic N) is 2. The Morgan fingerprint density at radius 3 is 2.53 bits per heavy atom. The molecule has 96 valence electrons. The van der Waals surface area contributed by atoms with E-state index in [0.29, 0.717) is 0 Å². The summed E-state index contributed by atoms with van der Waals surface area (Å²) in [6, 6.07) is 1.93. The van der Waals surface area contributed by atoms with E-state index in [4.69, 9.17) is 0 Å². The molecule has 4 unspecified atom stereocenters. The summed E-state index contributed by atoms with van der Waals surface area (Å²) in [6.07, 6.45) is 10.4. The summed E-state index contributed by atoms with van der Waals surface area (Å²) in [5.74, 6) is 2.09. The topological polar surface area (TPSA) is 6.48 Å². The molecule has 2 nitrogen and oxygen atoms in total. The third kappa shape index (κ3) is 1.76. The van der Waals surface area contributed by atoms with Crippen molar-refractivity contribution in [3.8, 4) is 0 Å². The Labute approximate surface area is 105 Å². The molecule has 17 heavy (non-hydrogen) atoms. The summed E-state index contributed by atoms with van der Waals surface area (Å²) in [4.78, 5) is 5.69. The van der Waals surface area contributed by atoms with Crippen LogP contribution in [0.2, 0.25) is 0 Å². The van der Waals surface area contributed by atoms with Crippen LogP contribution in [0, 0.1) is 11.8 Å². The second-order valence-corrected chi connectivity index (χ2v) is 6.86. The molecule has 0 spiro atoms. The number of piperidine rings is 3. The molecule has 0 aliphatic carbocycles. The molecule has 0 aromatic carbocycles. The van der Waals surface area contributed by atoms with Crippen LogP contribution < -0.4 is 0 Å². The van der Waals surface area contributed by atoms with Crippen molar-refractivity contribution in [1.82, 2.24) is 9.80 Å². The van der Waals surface area contributed by atoms with E-state index < -0.39 is 0 Å². The summed E-state index contributed by atoms with van der Waals surface area (Å²) in [6.45, 7) is 5.69. The van der Waals surface area contributed by atoms with Crippen molar-refractivity contribution < 1.29 is 0 Å². The van der Waals surface area contributed by atoms with Crippen LogP contribution in [-0.4, -0.2) is 48.1 Å². The molecule has 4 heterocycles. The molecule has 4 aliphatic rings. The van der Waals surface area contributed by atoms with Gasteiger partial charge in [-0.05, 0) is 57.0 Å². The van der Waals surface area contributed by atoms with Gasteiger partial charge in [-0.1, -0.05) is 12.8 Å². The van der Waals surface area contributed by atoms with Crippen molar-refractivity contribution in [2.45, 2.75) is 57.0 Å². The van der Waals surface area contributed by atoms with Gasteiger partial charge >= 0.3 is 0 Å².